The second-order valence-electron chi connectivity index (χ2n) is 8.92. The van der Waals surface area contributed by atoms with Gasteiger partial charge in [0.05, 0.1) is 20.3 Å². The number of ether oxygens (including phenoxy) is 2. The Morgan fingerprint density at radius 1 is 0.917 bits per heavy atom. The zero-order valence-corrected chi connectivity index (χ0v) is 21.1. The lowest BCUT2D eigenvalue weighted by Crippen LogP contribution is -2.49. The van der Waals surface area contributed by atoms with E-state index in [1.807, 2.05) is 48.5 Å². The van der Waals surface area contributed by atoms with Gasteiger partial charge in [0, 0.05) is 25.3 Å². The van der Waals surface area contributed by atoms with Crippen LogP contribution in [0.1, 0.15) is 22.7 Å². The van der Waals surface area contributed by atoms with E-state index in [2.05, 4.69) is 33.7 Å². The summed E-state index contributed by atoms with van der Waals surface area (Å²) in [7, 11) is 3.33. The summed E-state index contributed by atoms with van der Waals surface area (Å²) in [6.07, 6.45) is 2.19. The SMILES string of the molecule is COc1ccc(/C=C2\CN(Cc3ccc(F)cc3)CC3=C2NC(=S)NC3c2ccc(OC)cc2)cc1. The molecule has 0 bridgehead atoms. The molecule has 0 amide bonds. The monoisotopic (exact) mass is 501 g/mol. The average molecular weight is 502 g/mol. The molecule has 1 unspecified atom stereocenters. The molecule has 184 valence electrons. The van der Waals surface area contributed by atoms with Crippen LogP contribution in [0.4, 0.5) is 4.39 Å². The Labute approximate surface area is 216 Å². The molecule has 36 heavy (non-hydrogen) atoms. The third-order valence-electron chi connectivity index (χ3n) is 6.52. The largest absolute Gasteiger partial charge is 0.497 e. The number of thiocarbonyl (C=S) groups is 1. The molecular weight excluding hydrogens is 473 g/mol. The summed E-state index contributed by atoms with van der Waals surface area (Å²) >= 11 is 5.62. The molecule has 3 aromatic rings. The molecule has 0 fully saturated rings. The van der Waals surface area contributed by atoms with Gasteiger partial charge in [0.2, 0.25) is 0 Å². The number of methoxy groups -OCH3 is 2. The molecular formula is C29H28FN3O2S. The average Bonchev–Trinajstić information content (AvgIpc) is 2.90. The highest BCUT2D eigenvalue weighted by atomic mass is 32.1. The van der Waals surface area contributed by atoms with Gasteiger partial charge in [-0.25, -0.2) is 4.39 Å². The van der Waals surface area contributed by atoms with Gasteiger partial charge in [0.15, 0.2) is 5.11 Å². The van der Waals surface area contributed by atoms with Crippen LogP contribution in [0.3, 0.4) is 0 Å². The van der Waals surface area contributed by atoms with Crippen LogP contribution in [0.5, 0.6) is 11.5 Å². The Hall–Kier alpha value is -3.68. The normalized spacial score (nSPS) is 18.9. The molecule has 5 nitrogen and oxygen atoms in total. The summed E-state index contributed by atoms with van der Waals surface area (Å²) < 4.78 is 24.2. The highest BCUT2D eigenvalue weighted by Crippen LogP contribution is 2.35. The molecule has 0 saturated heterocycles. The van der Waals surface area contributed by atoms with Crippen LogP contribution in [0.25, 0.3) is 6.08 Å². The van der Waals surface area contributed by atoms with E-state index >= 15 is 0 Å². The van der Waals surface area contributed by atoms with Crippen molar-refractivity contribution < 1.29 is 13.9 Å². The summed E-state index contributed by atoms with van der Waals surface area (Å²) in [5.74, 6) is 1.40. The molecule has 0 spiro atoms. The maximum atomic E-state index is 13.5. The lowest BCUT2D eigenvalue weighted by molar-refractivity contribution is 0.292. The molecule has 5 rings (SSSR count). The number of rotatable bonds is 6. The molecule has 1 atom stereocenters. The highest BCUT2D eigenvalue weighted by molar-refractivity contribution is 7.80. The van der Waals surface area contributed by atoms with E-state index in [-0.39, 0.29) is 11.9 Å². The smallest absolute Gasteiger partial charge is 0.171 e. The van der Waals surface area contributed by atoms with Gasteiger partial charge in [0.1, 0.15) is 17.3 Å². The van der Waals surface area contributed by atoms with E-state index in [9.17, 15) is 4.39 Å². The van der Waals surface area contributed by atoms with E-state index in [1.165, 1.54) is 17.7 Å². The van der Waals surface area contributed by atoms with E-state index < -0.39 is 0 Å². The predicted octanol–water partition coefficient (Wildman–Crippen LogP) is 5.22. The van der Waals surface area contributed by atoms with Crippen LogP contribution in [0, 0.1) is 5.82 Å². The fourth-order valence-electron chi connectivity index (χ4n) is 4.73. The van der Waals surface area contributed by atoms with Crippen molar-refractivity contribution in [3.8, 4) is 11.5 Å². The van der Waals surface area contributed by atoms with Gasteiger partial charge in [-0.15, -0.1) is 0 Å². The van der Waals surface area contributed by atoms with Crippen LogP contribution < -0.4 is 20.1 Å². The molecule has 0 aliphatic carbocycles. The van der Waals surface area contributed by atoms with Crippen molar-refractivity contribution in [3.05, 3.63) is 112 Å². The molecule has 2 N–H and O–H groups in total. The van der Waals surface area contributed by atoms with E-state index in [1.54, 1.807) is 14.2 Å². The molecule has 2 aliphatic rings. The van der Waals surface area contributed by atoms with Crippen LogP contribution in [0.2, 0.25) is 0 Å². The number of halogens is 1. The first-order valence-corrected chi connectivity index (χ1v) is 12.2. The van der Waals surface area contributed by atoms with E-state index in [0.717, 1.165) is 52.5 Å². The van der Waals surface area contributed by atoms with Gasteiger partial charge < -0.3 is 20.1 Å². The first-order chi connectivity index (χ1) is 17.5. The van der Waals surface area contributed by atoms with Crippen LogP contribution >= 0.6 is 12.2 Å². The minimum atomic E-state index is -0.226. The summed E-state index contributed by atoms with van der Waals surface area (Å²) in [6, 6.07) is 22.7. The number of benzene rings is 3. The minimum Gasteiger partial charge on any atom is -0.497 e. The standard InChI is InChI=1S/C29H28FN3O2S/c1-34-24-11-5-19(6-12-24)15-22-17-33(16-20-3-9-23(30)10-4-20)18-26-27(31-29(36)32-28(22)26)21-7-13-25(35-2)14-8-21/h3-15,27H,16-18H2,1-2H3,(H2,31,32,36)/b22-15+. The van der Waals surface area contributed by atoms with Crippen molar-refractivity contribution in [3.63, 3.8) is 0 Å². The van der Waals surface area contributed by atoms with Gasteiger partial charge in [-0.05, 0) is 82.5 Å². The lowest BCUT2D eigenvalue weighted by atomic mass is 9.88. The Kier molecular flexibility index (Phi) is 7.02. The molecule has 2 aliphatic heterocycles. The van der Waals surface area contributed by atoms with Crippen molar-refractivity contribution in [2.24, 2.45) is 0 Å². The second-order valence-corrected chi connectivity index (χ2v) is 9.33. The zero-order chi connectivity index (χ0) is 25.1. The topological polar surface area (TPSA) is 45.8 Å². The van der Waals surface area contributed by atoms with Gasteiger partial charge in [0.25, 0.3) is 0 Å². The Morgan fingerprint density at radius 2 is 1.56 bits per heavy atom. The number of nitrogens with zero attached hydrogens (tertiary/aromatic N) is 1. The third-order valence-corrected chi connectivity index (χ3v) is 6.74. The maximum Gasteiger partial charge on any atom is 0.171 e. The maximum absolute atomic E-state index is 13.5. The van der Waals surface area contributed by atoms with Crippen LogP contribution in [-0.2, 0) is 6.54 Å². The van der Waals surface area contributed by atoms with Crippen molar-refractivity contribution in [2.75, 3.05) is 27.3 Å². The minimum absolute atomic E-state index is 0.0741. The van der Waals surface area contributed by atoms with Gasteiger partial charge in [-0.3, -0.25) is 4.90 Å². The fourth-order valence-corrected chi connectivity index (χ4v) is 4.95. The van der Waals surface area contributed by atoms with E-state index in [0.29, 0.717) is 11.7 Å². The summed E-state index contributed by atoms with van der Waals surface area (Å²) in [4.78, 5) is 2.37. The summed E-state index contributed by atoms with van der Waals surface area (Å²) in [6.45, 7) is 2.18. The Morgan fingerprint density at radius 3 is 2.19 bits per heavy atom. The van der Waals surface area contributed by atoms with Gasteiger partial charge in [-0.1, -0.05) is 36.4 Å². The predicted molar refractivity (Wildman–Crippen MR) is 144 cm³/mol. The van der Waals surface area contributed by atoms with Crippen LogP contribution in [0.15, 0.2) is 89.6 Å². The van der Waals surface area contributed by atoms with Gasteiger partial charge >= 0.3 is 0 Å². The quantitative estimate of drug-likeness (QED) is 0.452. The molecule has 3 aromatic carbocycles. The third kappa shape index (κ3) is 5.27. The van der Waals surface area contributed by atoms with Crippen molar-refractivity contribution in [1.29, 1.82) is 0 Å². The first-order valence-electron chi connectivity index (χ1n) is 11.8. The molecule has 0 radical (unpaired) electrons. The number of hydrogen-bond acceptors (Lipinski definition) is 4. The number of nitrogens with one attached hydrogen (secondary N) is 2. The summed E-state index contributed by atoms with van der Waals surface area (Å²) in [5.41, 5.74) is 6.67. The van der Waals surface area contributed by atoms with Crippen LogP contribution in [-0.4, -0.2) is 37.3 Å². The Balaban J connectivity index is 1.54. The van der Waals surface area contributed by atoms with Crippen molar-refractivity contribution >= 4 is 23.4 Å². The van der Waals surface area contributed by atoms with Gasteiger partial charge in [-0.2, -0.15) is 0 Å². The van der Waals surface area contributed by atoms with Crippen molar-refractivity contribution in [1.82, 2.24) is 15.5 Å². The molecule has 2 heterocycles. The second kappa shape index (κ2) is 10.5. The summed E-state index contributed by atoms with van der Waals surface area (Å²) in [5, 5.41) is 7.49. The van der Waals surface area contributed by atoms with Crippen molar-refractivity contribution in [2.45, 2.75) is 12.6 Å². The molecule has 7 heteroatoms. The Bertz CT molecular complexity index is 1300. The fraction of sp³-hybridized carbons (Fsp3) is 0.207. The number of hydrogen-bond donors (Lipinski definition) is 2. The van der Waals surface area contributed by atoms with E-state index in [4.69, 9.17) is 21.7 Å². The first kappa shape index (κ1) is 24.0. The highest BCUT2D eigenvalue weighted by Gasteiger charge is 2.33. The molecule has 0 aromatic heterocycles. The molecule has 0 saturated carbocycles. The zero-order valence-electron chi connectivity index (χ0n) is 20.3. The lowest BCUT2D eigenvalue weighted by Gasteiger charge is -2.40.